The molecule has 0 N–H and O–H groups in total. The minimum Gasteiger partial charge on any atom is -0.336 e. The van der Waals surface area contributed by atoms with Crippen LogP contribution in [0.4, 0.5) is 0 Å². The lowest BCUT2D eigenvalue weighted by Gasteiger charge is -2.16. The minimum atomic E-state index is -0.00881. The maximum atomic E-state index is 12.6. The van der Waals surface area contributed by atoms with Crippen molar-refractivity contribution in [1.82, 2.24) is 19.4 Å². The Hall–Kier alpha value is -2.47. The van der Waals surface area contributed by atoms with Crippen LogP contribution in [0, 0.1) is 0 Å². The summed E-state index contributed by atoms with van der Waals surface area (Å²) in [7, 11) is 3.76. The third kappa shape index (κ3) is 3.79. The highest BCUT2D eigenvalue weighted by Gasteiger charge is 2.15. The van der Waals surface area contributed by atoms with Gasteiger partial charge in [0.15, 0.2) is 0 Å². The SMILES string of the molecule is CC(C)c1nc(CN(C)C(=O)c2ccc(-c3nccn3C)cc2)cs1. The normalized spacial score (nSPS) is 11.1. The zero-order chi connectivity index (χ0) is 18.0. The maximum absolute atomic E-state index is 12.6. The molecule has 0 bridgehead atoms. The third-order valence-electron chi connectivity index (χ3n) is 4.02. The molecular formula is C19H22N4OS. The van der Waals surface area contributed by atoms with E-state index in [-0.39, 0.29) is 5.91 Å². The number of hydrogen-bond donors (Lipinski definition) is 0. The van der Waals surface area contributed by atoms with Crippen molar-refractivity contribution in [2.75, 3.05) is 7.05 Å². The fourth-order valence-corrected chi connectivity index (χ4v) is 3.43. The molecule has 0 atom stereocenters. The van der Waals surface area contributed by atoms with E-state index in [9.17, 15) is 4.79 Å². The van der Waals surface area contributed by atoms with Gasteiger partial charge in [0, 0.05) is 48.9 Å². The molecule has 0 aliphatic heterocycles. The standard InChI is InChI=1S/C19H22N4OS/c1-13(2)18-21-16(12-25-18)11-23(4)19(24)15-7-5-14(6-8-15)17-20-9-10-22(17)3/h5-10,12-13H,11H2,1-4H3. The van der Waals surface area contributed by atoms with Gasteiger partial charge in [0.25, 0.3) is 5.91 Å². The summed E-state index contributed by atoms with van der Waals surface area (Å²) in [6.07, 6.45) is 3.67. The van der Waals surface area contributed by atoms with Crippen molar-refractivity contribution in [3.8, 4) is 11.4 Å². The number of imidazole rings is 1. The average Bonchev–Trinajstić information content (AvgIpc) is 3.23. The van der Waals surface area contributed by atoms with E-state index >= 15 is 0 Å². The Morgan fingerprint density at radius 2 is 2.00 bits per heavy atom. The lowest BCUT2D eigenvalue weighted by Crippen LogP contribution is -2.26. The average molecular weight is 354 g/mol. The molecule has 0 aliphatic rings. The molecule has 0 radical (unpaired) electrons. The largest absolute Gasteiger partial charge is 0.336 e. The smallest absolute Gasteiger partial charge is 0.253 e. The summed E-state index contributed by atoms with van der Waals surface area (Å²) in [5.74, 6) is 1.29. The van der Waals surface area contributed by atoms with Crippen molar-refractivity contribution < 1.29 is 4.79 Å². The van der Waals surface area contributed by atoms with Crippen LogP contribution in [0.2, 0.25) is 0 Å². The fraction of sp³-hybridized carbons (Fsp3) is 0.316. The van der Waals surface area contributed by atoms with Crippen molar-refractivity contribution in [3.05, 3.63) is 58.3 Å². The number of aromatic nitrogens is 3. The van der Waals surface area contributed by atoms with E-state index < -0.39 is 0 Å². The molecule has 2 aromatic heterocycles. The Kier molecular flexibility index (Phi) is 4.99. The molecule has 25 heavy (non-hydrogen) atoms. The second kappa shape index (κ2) is 7.19. The maximum Gasteiger partial charge on any atom is 0.253 e. The van der Waals surface area contributed by atoms with Gasteiger partial charge in [-0.3, -0.25) is 4.79 Å². The van der Waals surface area contributed by atoms with E-state index in [4.69, 9.17) is 0 Å². The molecule has 3 rings (SSSR count). The molecule has 1 aromatic carbocycles. The van der Waals surface area contributed by atoms with Crippen molar-refractivity contribution in [2.45, 2.75) is 26.3 Å². The molecule has 3 aromatic rings. The molecule has 1 amide bonds. The lowest BCUT2D eigenvalue weighted by atomic mass is 10.1. The first-order valence-electron chi connectivity index (χ1n) is 8.23. The predicted octanol–water partition coefficient (Wildman–Crippen LogP) is 3.94. The highest BCUT2D eigenvalue weighted by Crippen LogP contribution is 2.21. The Morgan fingerprint density at radius 3 is 2.56 bits per heavy atom. The molecule has 6 heteroatoms. The first-order valence-corrected chi connectivity index (χ1v) is 9.11. The van der Waals surface area contributed by atoms with Gasteiger partial charge in [0.05, 0.1) is 17.2 Å². The summed E-state index contributed by atoms with van der Waals surface area (Å²) in [6.45, 7) is 4.77. The van der Waals surface area contributed by atoms with E-state index in [1.807, 2.05) is 54.5 Å². The first-order chi connectivity index (χ1) is 12.0. The molecule has 0 saturated heterocycles. The number of hydrogen-bond acceptors (Lipinski definition) is 4. The highest BCUT2D eigenvalue weighted by molar-refractivity contribution is 7.09. The van der Waals surface area contributed by atoms with E-state index in [1.54, 1.807) is 22.4 Å². The van der Waals surface area contributed by atoms with Crippen LogP contribution in [0.5, 0.6) is 0 Å². The summed E-state index contributed by atoms with van der Waals surface area (Å²) in [5, 5.41) is 3.14. The van der Waals surface area contributed by atoms with E-state index in [1.165, 1.54) is 0 Å². The second-order valence-corrected chi connectivity index (χ2v) is 7.32. The van der Waals surface area contributed by atoms with Gasteiger partial charge < -0.3 is 9.47 Å². The van der Waals surface area contributed by atoms with Gasteiger partial charge >= 0.3 is 0 Å². The Labute approximate surface area is 152 Å². The number of thiazole rings is 1. The molecule has 0 aliphatic carbocycles. The van der Waals surface area contributed by atoms with Crippen LogP contribution >= 0.6 is 11.3 Å². The number of nitrogens with zero attached hydrogens (tertiary/aromatic N) is 4. The van der Waals surface area contributed by atoms with Crippen LogP contribution < -0.4 is 0 Å². The van der Waals surface area contributed by atoms with Gasteiger partial charge in [0.1, 0.15) is 5.82 Å². The summed E-state index contributed by atoms with van der Waals surface area (Å²) < 4.78 is 1.96. The summed E-state index contributed by atoms with van der Waals surface area (Å²) in [6, 6.07) is 7.57. The predicted molar refractivity (Wildman–Crippen MR) is 101 cm³/mol. The monoisotopic (exact) mass is 354 g/mol. The Bertz CT molecular complexity index is 864. The van der Waals surface area contributed by atoms with Gasteiger partial charge in [-0.05, 0) is 12.1 Å². The van der Waals surface area contributed by atoms with Crippen LogP contribution in [-0.2, 0) is 13.6 Å². The van der Waals surface area contributed by atoms with Crippen LogP contribution in [0.25, 0.3) is 11.4 Å². The zero-order valence-electron chi connectivity index (χ0n) is 14.9. The Balaban J connectivity index is 1.70. The van der Waals surface area contributed by atoms with Crippen LogP contribution in [0.1, 0.15) is 40.8 Å². The number of rotatable bonds is 5. The van der Waals surface area contributed by atoms with Crippen molar-refractivity contribution in [1.29, 1.82) is 0 Å². The molecule has 0 spiro atoms. The molecule has 0 fully saturated rings. The van der Waals surface area contributed by atoms with Gasteiger partial charge in [-0.2, -0.15) is 0 Å². The van der Waals surface area contributed by atoms with E-state index in [2.05, 4.69) is 23.8 Å². The zero-order valence-corrected chi connectivity index (χ0v) is 15.7. The number of amides is 1. The van der Waals surface area contributed by atoms with Crippen LogP contribution in [-0.4, -0.2) is 32.4 Å². The van der Waals surface area contributed by atoms with Crippen molar-refractivity contribution >= 4 is 17.2 Å². The summed E-state index contributed by atoms with van der Waals surface area (Å²) >= 11 is 1.65. The summed E-state index contributed by atoms with van der Waals surface area (Å²) in [4.78, 5) is 23.3. The lowest BCUT2D eigenvalue weighted by molar-refractivity contribution is 0.0783. The van der Waals surface area contributed by atoms with Gasteiger partial charge in [0.2, 0.25) is 0 Å². The molecule has 130 valence electrons. The number of carbonyl (C=O) groups excluding carboxylic acids is 1. The number of aryl methyl sites for hydroxylation is 1. The van der Waals surface area contributed by atoms with Gasteiger partial charge in [-0.15, -0.1) is 11.3 Å². The van der Waals surface area contributed by atoms with Crippen LogP contribution in [0.15, 0.2) is 42.0 Å². The number of carbonyl (C=O) groups is 1. The molecule has 2 heterocycles. The van der Waals surface area contributed by atoms with E-state index in [0.717, 1.165) is 22.1 Å². The minimum absolute atomic E-state index is 0.00881. The molecule has 0 saturated carbocycles. The molecular weight excluding hydrogens is 332 g/mol. The molecule has 0 unspecified atom stereocenters. The third-order valence-corrected chi connectivity index (χ3v) is 5.21. The second-order valence-electron chi connectivity index (χ2n) is 6.43. The topological polar surface area (TPSA) is 51.0 Å². The van der Waals surface area contributed by atoms with Gasteiger partial charge in [-0.25, -0.2) is 9.97 Å². The Morgan fingerprint density at radius 1 is 1.28 bits per heavy atom. The van der Waals surface area contributed by atoms with E-state index in [0.29, 0.717) is 18.0 Å². The highest BCUT2D eigenvalue weighted by atomic mass is 32.1. The van der Waals surface area contributed by atoms with Crippen molar-refractivity contribution in [3.63, 3.8) is 0 Å². The fourth-order valence-electron chi connectivity index (χ4n) is 2.60. The van der Waals surface area contributed by atoms with Crippen LogP contribution in [0.3, 0.4) is 0 Å². The molecule has 5 nitrogen and oxygen atoms in total. The summed E-state index contributed by atoms with van der Waals surface area (Å²) in [5.41, 5.74) is 2.60. The van der Waals surface area contributed by atoms with Gasteiger partial charge in [-0.1, -0.05) is 26.0 Å². The first kappa shape index (κ1) is 17.4. The van der Waals surface area contributed by atoms with Crippen molar-refractivity contribution in [2.24, 2.45) is 7.05 Å². The number of benzene rings is 1. The quantitative estimate of drug-likeness (QED) is 0.697.